The summed E-state index contributed by atoms with van der Waals surface area (Å²) in [6.45, 7) is 7.34. The molecular formula is C12H20N4. The first-order valence-electron chi connectivity index (χ1n) is 6.01. The predicted octanol–water partition coefficient (Wildman–Crippen LogP) is 2.54. The lowest BCUT2D eigenvalue weighted by Gasteiger charge is -2.08. The number of nitriles is 1. The van der Waals surface area contributed by atoms with Crippen molar-refractivity contribution >= 4 is 0 Å². The molecule has 0 aliphatic heterocycles. The van der Waals surface area contributed by atoms with Crippen molar-refractivity contribution in [2.24, 2.45) is 5.92 Å². The summed E-state index contributed by atoms with van der Waals surface area (Å²) in [6.07, 6.45) is 4.38. The number of nitrogens with zero attached hydrogens (tertiary/aromatic N) is 4. The fourth-order valence-corrected chi connectivity index (χ4v) is 1.70. The van der Waals surface area contributed by atoms with E-state index in [1.165, 1.54) is 12.8 Å². The summed E-state index contributed by atoms with van der Waals surface area (Å²) in [6, 6.07) is 2.12. The normalized spacial score (nSPS) is 10.7. The molecule has 4 nitrogen and oxygen atoms in total. The second kappa shape index (κ2) is 6.26. The SMILES string of the molecule is CCCCCn1nnc(C#N)c1CC(C)C. The summed E-state index contributed by atoms with van der Waals surface area (Å²) in [7, 11) is 0. The molecule has 0 unspecified atom stereocenters. The van der Waals surface area contributed by atoms with Crippen molar-refractivity contribution in [1.29, 1.82) is 5.26 Å². The predicted molar refractivity (Wildman–Crippen MR) is 62.8 cm³/mol. The first-order chi connectivity index (χ1) is 7.69. The Morgan fingerprint density at radius 2 is 2.12 bits per heavy atom. The highest BCUT2D eigenvalue weighted by Crippen LogP contribution is 2.12. The van der Waals surface area contributed by atoms with Gasteiger partial charge in [-0.1, -0.05) is 38.8 Å². The maximum atomic E-state index is 8.95. The fraction of sp³-hybridized carbons (Fsp3) is 0.750. The van der Waals surface area contributed by atoms with Gasteiger partial charge in [0.2, 0.25) is 0 Å². The first-order valence-corrected chi connectivity index (χ1v) is 6.01. The van der Waals surface area contributed by atoms with Gasteiger partial charge in [0.05, 0.1) is 5.69 Å². The molecule has 4 heteroatoms. The number of aryl methyl sites for hydroxylation is 1. The lowest BCUT2D eigenvalue weighted by molar-refractivity contribution is 0.501. The zero-order valence-electron chi connectivity index (χ0n) is 10.4. The van der Waals surface area contributed by atoms with Gasteiger partial charge >= 0.3 is 0 Å². The van der Waals surface area contributed by atoms with Gasteiger partial charge in [0.1, 0.15) is 6.07 Å². The van der Waals surface area contributed by atoms with E-state index in [0.717, 1.165) is 25.1 Å². The Morgan fingerprint density at radius 3 is 2.69 bits per heavy atom. The maximum Gasteiger partial charge on any atom is 0.185 e. The molecule has 0 saturated heterocycles. The highest BCUT2D eigenvalue weighted by Gasteiger charge is 2.13. The standard InChI is InChI=1S/C12H20N4/c1-4-5-6-7-16-12(8-10(2)3)11(9-13)14-15-16/h10H,4-8H2,1-3H3. The molecule has 0 aromatic carbocycles. The van der Waals surface area contributed by atoms with Gasteiger partial charge in [-0.3, -0.25) is 0 Å². The number of aromatic nitrogens is 3. The molecule has 0 bridgehead atoms. The maximum absolute atomic E-state index is 8.95. The molecule has 0 amide bonds. The molecule has 0 spiro atoms. The van der Waals surface area contributed by atoms with Crippen LogP contribution in [0.1, 0.15) is 51.4 Å². The Labute approximate surface area is 97.3 Å². The van der Waals surface area contributed by atoms with Crippen LogP contribution in [0.5, 0.6) is 0 Å². The molecule has 0 aliphatic carbocycles. The van der Waals surface area contributed by atoms with E-state index in [0.29, 0.717) is 11.6 Å². The van der Waals surface area contributed by atoms with Crippen LogP contribution in [0.3, 0.4) is 0 Å². The quantitative estimate of drug-likeness (QED) is 0.692. The second-order valence-corrected chi connectivity index (χ2v) is 4.52. The van der Waals surface area contributed by atoms with Gasteiger partial charge in [-0.15, -0.1) is 5.10 Å². The highest BCUT2D eigenvalue weighted by molar-refractivity contribution is 5.24. The van der Waals surface area contributed by atoms with Gasteiger partial charge in [0.25, 0.3) is 0 Å². The molecule has 88 valence electrons. The molecule has 0 saturated carbocycles. The Bertz CT molecular complexity index is 360. The largest absolute Gasteiger partial charge is 0.248 e. The Kier molecular flexibility index (Phi) is 4.97. The van der Waals surface area contributed by atoms with Crippen LogP contribution in [0.2, 0.25) is 0 Å². The molecule has 0 aliphatic rings. The molecular weight excluding hydrogens is 200 g/mol. The third kappa shape index (κ3) is 3.34. The van der Waals surface area contributed by atoms with E-state index in [1.807, 2.05) is 4.68 Å². The summed E-state index contributed by atoms with van der Waals surface area (Å²) in [4.78, 5) is 0. The molecule has 0 radical (unpaired) electrons. The summed E-state index contributed by atoms with van der Waals surface area (Å²) in [5.74, 6) is 0.524. The molecule has 0 atom stereocenters. The highest BCUT2D eigenvalue weighted by atomic mass is 15.4. The van der Waals surface area contributed by atoms with E-state index in [-0.39, 0.29) is 0 Å². The summed E-state index contributed by atoms with van der Waals surface area (Å²) >= 11 is 0. The van der Waals surface area contributed by atoms with Crippen molar-refractivity contribution in [1.82, 2.24) is 15.0 Å². The van der Waals surface area contributed by atoms with Crippen molar-refractivity contribution in [3.8, 4) is 6.07 Å². The van der Waals surface area contributed by atoms with Gasteiger partial charge in [0, 0.05) is 6.54 Å². The van der Waals surface area contributed by atoms with Crippen molar-refractivity contribution < 1.29 is 0 Å². The average Bonchev–Trinajstić information content (AvgIpc) is 2.61. The monoisotopic (exact) mass is 220 g/mol. The second-order valence-electron chi connectivity index (χ2n) is 4.52. The van der Waals surface area contributed by atoms with Crippen molar-refractivity contribution in [3.63, 3.8) is 0 Å². The molecule has 1 rings (SSSR count). The summed E-state index contributed by atoms with van der Waals surface area (Å²) in [5.41, 5.74) is 1.49. The number of unbranched alkanes of at least 4 members (excludes halogenated alkanes) is 2. The minimum Gasteiger partial charge on any atom is -0.248 e. The van der Waals surface area contributed by atoms with E-state index in [9.17, 15) is 0 Å². The smallest absolute Gasteiger partial charge is 0.185 e. The zero-order valence-corrected chi connectivity index (χ0v) is 10.4. The number of hydrogen-bond acceptors (Lipinski definition) is 3. The molecule has 0 N–H and O–H groups in total. The van der Waals surface area contributed by atoms with E-state index < -0.39 is 0 Å². The Balaban J connectivity index is 2.75. The van der Waals surface area contributed by atoms with Gasteiger partial charge < -0.3 is 0 Å². The molecule has 1 aromatic heterocycles. The third-order valence-electron chi connectivity index (χ3n) is 2.52. The van der Waals surface area contributed by atoms with E-state index in [4.69, 9.17) is 5.26 Å². The molecule has 0 fully saturated rings. The van der Waals surface area contributed by atoms with Crippen LogP contribution in [0.4, 0.5) is 0 Å². The van der Waals surface area contributed by atoms with Crippen LogP contribution in [-0.4, -0.2) is 15.0 Å². The third-order valence-corrected chi connectivity index (χ3v) is 2.52. The Morgan fingerprint density at radius 1 is 1.38 bits per heavy atom. The molecule has 1 heterocycles. The number of hydrogen-bond donors (Lipinski definition) is 0. The van der Waals surface area contributed by atoms with E-state index in [1.54, 1.807) is 0 Å². The summed E-state index contributed by atoms with van der Waals surface area (Å²) < 4.78 is 1.90. The molecule has 16 heavy (non-hydrogen) atoms. The van der Waals surface area contributed by atoms with Crippen molar-refractivity contribution in [2.45, 2.75) is 53.0 Å². The Hall–Kier alpha value is -1.37. The van der Waals surface area contributed by atoms with Crippen LogP contribution < -0.4 is 0 Å². The molecule has 1 aromatic rings. The van der Waals surface area contributed by atoms with E-state index in [2.05, 4.69) is 37.2 Å². The average molecular weight is 220 g/mol. The van der Waals surface area contributed by atoms with Gasteiger partial charge in [-0.25, -0.2) is 4.68 Å². The van der Waals surface area contributed by atoms with Crippen LogP contribution in [0.25, 0.3) is 0 Å². The van der Waals surface area contributed by atoms with Crippen LogP contribution in [0, 0.1) is 17.2 Å². The van der Waals surface area contributed by atoms with Gasteiger partial charge in [0.15, 0.2) is 5.69 Å². The van der Waals surface area contributed by atoms with Crippen molar-refractivity contribution in [3.05, 3.63) is 11.4 Å². The van der Waals surface area contributed by atoms with Gasteiger partial charge in [-0.05, 0) is 18.8 Å². The van der Waals surface area contributed by atoms with E-state index >= 15 is 0 Å². The minimum atomic E-state index is 0.491. The fourth-order valence-electron chi connectivity index (χ4n) is 1.70. The lowest BCUT2D eigenvalue weighted by Crippen LogP contribution is -2.08. The van der Waals surface area contributed by atoms with Crippen LogP contribution >= 0.6 is 0 Å². The lowest BCUT2D eigenvalue weighted by atomic mass is 10.1. The number of rotatable bonds is 6. The van der Waals surface area contributed by atoms with Crippen LogP contribution in [-0.2, 0) is 13.0 Å². The zero-order chi connectivity index (χ0) is 12.0. The van der Waals surface area contributed by atoms with Crippen LogP contribution in [0.15, 0.2) is 0 Å². The first kappa shape index (κ1) is 12.7. The van der Waals surface area contributed by atoms with Crippen molar-refractivity contribution in [2.75, 3.05) is 0 Å². The summed E-state index contributed by atoms with van der Waals surface area (Å²) in [5, 5.41) is 16.9. The topological polar surface area (TPSA) is 54.5 Å². The van der Waals surface area contributed by atoms with Gasteiger partial charge in [-0.2, -0.15) is 5.26 Å². The minimum absolute atomic E-state index is 0.491.